The highest BCUT2D eigenvalue weighted by atomic mass is 19.1. The molecule has 1 amide bonds. The predicted octanol–water partition coefficient (Wildman–Crippen LogP) is 5.47. The predicted molar refractivity (Wildman–Crippen MR) is 124 cm³/mol. The minimum absolute atomic E-state index is 0.121. The molecule has 1 unspecified atom stereocenters. The molecule has 0 saturated heterocycles. The molecule has 0 saturated carbocycles. The molecule has 8 nitrogen and oxygen atoms in total. The van der Waals surface area contributed by atoms with Crippen LogP contribution in [0.4, 0.5) is 10.1 Å². The molecule has 0 aliphatic heterocycles. The van der Waals surface area contributed by atoms with Crippen molar-refractivity contribution in [3.8, 4) is 11.5 Å². The lowest BCUT2D eigenvalue weighted by molar-refractivity contribution is -0.125. The maximum atomic E-state index is 13.4. The Balaban J connectivity index is 1.51. The number of hydrogen-bond donors (Lipinski definition) is 1. The van der Waals surface area contributed by atoms with Gasteiger partial charge in [0.25, 0.3) is 11.6 Å². The fourth-order valence-electron chi connectivity index (χ4n) is 3.62. The Morgan fingerprint density at radius 2 is 1.80 bits per heavy atom. The molecule has 174 valence electrons. The van der Waals surface area contributed by atoms with E-state index >= 15 is 0 Å². The zero-order valence-electron chi connectivity index (χ0n) is 18.4. The van der Waals surface area contributed by atoms with Gasteiger partial charge in [-0.1, -0.05) is 35.5 Å². The Hall–Kier alpha value is -4.79. The SMILES string of the molecule is Cc1noc2nc(-c3ccco3)cc(C(=O)OC(C(=O)Nc3ccc(F)cc3)c3ccccc3)c12. The number of nitrogens with one attached hydrogen (secondary N) is 1. The Kier molecular flexibility index (Phi) is 5.80. The molecule has 0 fully saturated rings. The Labute approximate surface area is 198 Å². The van der Waals surface area contributed by atoms with Crippen LogP contribution in [0.15, 0.2) is 88.0 Å². The first-order valence-corrected chi connectivity index (χ1v) is 10.6. The molecule has 0 radical (unpaired) electrons. The second kappa shape index (κ2) is 9.22. The molecule has 1 N–H and O–H groups in total. The van der Waals surface area contributed by atoms with E-state index in [4.69, 9.17) is 13.7 Å². The highest BCUT2D eigenvalue weighted by Crippen LogP contribution is 2.30. The number of aryl methyl sites for hydroxylation is 1. The van der Waals surface area contributed by atoms with Crippen LogP contribution in [-0.2, 0) is 9.53 Å². The third-order valence-corrected chi connectivity index (χ3v) is 5.29. The van der Waals surface area contributed by atoms with E-state index in [-0.39, 0.29) is 11.3 Å². The molecule has 0 spiro atoms. The zero-order valence-corrected chi connectivity index (χ0v) is 18.4. The summed E-state index contributed by atoms with van der Waals surface area (Å²) in [4.78, 5) is 31.0. The van der Waals surface area contributed by atoms with E-state index in [1.807, 2.05) is 0 Å². The summed E-state index contributed by atoms with van der Waals surface area (Å²) in [6.07, 6.45) is 0.194. The summed E-state index contributed by atoms with van der Waals surface area (Å²) in [6, 6.07) is 18.7. The molecule has 3 heterocycles. The van der Waals surface area contributed by atoms with Gasteiger partial charge >= 0.3 is 5.97 Å². The number of amides is 1. The van der Waals surface area contributed by atoms with E-state index in [9.17, 15) is 14.0 Å². The first-order chi connectivity index (χ1) is 17.0. The van der Waals surface area contributed by atoms with E-state index in [1.54, 1.807) is 49.4 Å². The zero-order chi connectivity index (χ0) is 24.4. The topological polar surface area (TPSA) is 107 Å². The first-order valence-electron chi connectivity index (χ1n) is 10.6. The van der Waals surface area contributed by atoms with Gasteiger partial charge in [0.05, 0.1) is 22.9 Å². The van der Waals surface area contributed by atoms with Crippen LogP contribution in [-0.4, -0.2) is 22.0 Å². The molecular weight excluding hydrogens is 453 g/mol. The van der Waals surface area contributed by atoms with Crippen molar-refractivity contribution >= 4 is 28.7 Å². The Morgan fingerprint density at radius 3 is 2.51 bits per heavy atom. The van der Waals surface area contributed by atoms with Crippen molar-refractivity contribution in [3.63, 3.8) is 0 Å². The molecular formula is C26H18FN3O5. The molecule has 0 aliphatic carbocycles. The van der Waals surface area contributed by atoms with Crippen LogP contribution < -0.4 is 5.32 Å². The van der Waals surface area contributed by atoms with Gasteiger partial charge < -0.3 is 19.0 Å². The number of aromatic nitrogens is 2. The highest BCUT2D eigenvalue weighted by Gasteiger charge is 2.28. The number of hydrogen-bond acceptors (Lipinski definition) is 7. The van der Waals surface area contributed by atoms with Crippen molar-refractivity contribution in [2.45, 2.75) is 13.0 Å². The number of esters is 1. The fourth-order valence-corrected chi connectivity index (χ4v) is 3.62. The number of fused-ring (bicyclic) bond motifs is 1. The van der Waals surface area contributed by atoms with Crippen molar-refractivity contribution in [3.05, 3.63) is 102 Å². The molecule has 5 rings (SSSR count). The van der Waals surface area contributed by atoms with Crippen molar-refractivity contribution in [1.82, 2.24) is 10.1 Å². The molecule has 9 heteroatoms. The van der Waals surface area contributed by atoms with Crippen LogP contribution in [0.1, 0.15) is 27.7 Å². The van der Waals surface area contributed by atoms with Gasteiger partial charge in [-0.05, 0) is 49.4 Å². The summed E-state index contributed by atoms with van der Waals surface area (Å²) in [5, 5.41) is 6.94. The average Bonchev–Trinajstić information content (AvgIpc) is 3.54. The van der Waals surface area contributed by atoms with Gasteiger partial charge in [0.1, 0.15) is 11.5 Å². The Bertz CT molecular complexity index is 1500. The monoisotopic (exact) mass is 471 g/mol. The molecule has 3 aromatic heterocycles. The number of halogens is 1. The summed E-state index contributed by atoms with van der Waals surface area (Å²) in [7, 11) is 0. The molecule has 5 aromatic rings. The summed E-state index contributed by atoms with van der Waals surface area (Å²) in [6.45, 7) is 1.67. The van der Waals surface area contributed by atoms with Crippen LogP contribution in [0.5, 0.6) is 0 Å². The van der Waals surface area contributed by atoms with E-state index in [2.05, 4.69) is 15.5 Å². The van der Waals surface area contributed by atoms with E-state index in [0.29, 0.717) is 33.8 Å². The van der Waals surface area contributed by atoms with Crippen LogP contribution in [0.3, 0.4) is 0 Å². The largest absolute Gasteiger partial charge is 0.463 e. The second-order valence-electron chi connectivity index (χ2n) is 7.67. The summed E-state index contributed by atoms with van der Waals surface area (Å²) < 4.78 is 29.7. The minimum Gasteiger partial charge on any atom is -0.463 e. The van der Waals surface area contributed by atoms with Crippen LogP contribution in [0.2, 0.25) is 0 Å². The summed E-state index contributed by atoms with van der Waals surface area (Å²) in [5.41, 5.74) is 1.86. The average molecular weight is 471 g/mol. The molecule has 0 aliphatic rings. The third kappa shape index (κ3) is 4.51. The minimum atomic E-state index is -1.29. The number of ether oxygens (including phenoxy) is 1. The number of rotatable bonds is 6. The van der Waals surface area contributed by atoms with Gasteiger partial charge in [0.2, 0.25) is 6.10 Å². The maximum Gasteiger partial charge on any atom is 0.340 e. The fraction of sp³-hybridized carbons (Fsp3) is 0.0769. The van der Waals surface area contributed by atoms with Gasteiger partial charge in [-0.2, -0.15) is 0 Å². The summed E-state index contributed by atoms with van der Waals surface area (Å²) in [5.74, 6) is -1.40. The standard InChI is InChI=1S/C26H18FN3O5/c1-15-22-19(14-20(21-8-5-13-33-21)29-25(22)35-30-15)26(32)34-23(16-6-3-2-4-7-16)24(31)28-18-11-9-17(27)10-12-18/h2-14,23H,1H3,(H,28,31). The van der Waals surface area contributed by atoms with Gasteiger partial charge in [0, 0.05) is 11.3 Å². The van der Waals surface area contributed by atoms with Crippen LogP contribution in [0, 0.1) is 12.7 Å². The van der Waals surface area contributed by atoms with E-state index in [0.717, 1.165) is 0 Å². The molecule has 1 atom stereocenters. The van der Waals surface area contributed by atoms with Crippen molar-refractivity contribution in [2.24, 2.45) is 0 Å². The number of nitrogens with zero attached hydrogens (tertiary/aromatic N) is 2. The lowest BCUT2D eigenvalue weighted by atomic mass is 10.1. The van der Waals surface area contributed by atoms with Crippen molar-refractivity contribution in [2.75, 3.05) is 5.32 Å². The Morgan fingerprint density at radius 1 is 1.03 bits per heavy atom. The third-order valence-electron chi connectivity index (χ3n) is 5.29. The lowest BCUT2D eigenvalue weighted by Gasteiger charge is -2.18. The van der Waals surface area contributed by atoms with Gasteiger partial charge in [0.15, 0.2) is 5.76 Å². The van der Waals surface area contributed by atoms with E-state index in [1.165, 1.54) is 36.6 Å². The number of carbonyl (C=O) groups excluding carboxylic acids is 2. The maximum absolute atomic E-state index is 13.4. The van der Waals surface area contributed by atoms with Gasteiger partial charge in [-0.15, -0.1) is 0 Å². The highest BCUT2D eigenvalue weighted by molar-refractivity contribution is 6.05. The molecule has 35 heavy (non-hydrogen) atoms. The number of furan rings is 1. The number of carbonyl (C=O) groups is 2. The summed E-state index contributed by atoms with van der Waals surface area (Å²) >= 11 is 0. The van der Waals surface area contributed by atoms with Crippen molar-refractivity contribution in [1.29, 1.82) is 0 Å². The smallest absolute Gasteiger partial charge is 0.340 e. The normalized spacial score (nSPS) is 11.8. The number of benzene rings is 2. The van der Waals surface area contributed by atoms with Crippen molar-refractivity contribution < 1.29 is 27.7 Å². The molecule has 0 bridgehead atoms. The lowest BCUT2D eigenvalue weighted by Crippen LogP contribution is -2.26. The van der Waals surface area contributed by atoms with E-state index < -0.39 is 23.8 Å². The van der Waals surface area contributed by atoms with Gasteiger partial charge in [-0.3, -0.25) is 4.79 Å². The first kappa shape index (κ1) is 22.0. The molecule has 2 aromatic carbocycles. The van der Waals surface area contributed by atoms with Crippen LogP contribution in [0.25, 0.3) is 22.6 Å². The number of pyridine rings is 1. The quantitative estimate of drug-likeness (QED) is 0.327. The number of anilines is 1. The van der Waals surface area contributed by atoms with Crippen LogP contribution >= 0.6 is 0 Å². The van der Waals surface area contributed by atoms with Gasteiger partial charge in [-0.25, -0.2) is 14.2 Å². The second-order valence-corrected chi connectivity index (χ2v) is 7.67.